The van der Waals surface area contributed by atoms with Gasteiger partial charge < -0.3 is 10.1 Å². The van der Waals surface area contributed by atoms with Crippen molar-refractivity contribution in [2.75, 3.05) is 13.7 Å². The van der Waals surface area contributed by atoms with Crippen LogP contribution >= 0.6 is 11.3 Å². The molecule has 1 atom stereocenters. The van der Waals surface area contributed by atoms with E-state index in [-0.39, 0.29) is 11.9 Å². The van der Waals surface area contributed by atoms with Gasteiger partial charge in [0.25, 0.3) is 0 Å². The first kappa shape index (κ1) is 14.5. The van der Waals surface area contributed by atoms with E-state index in [0.717, 1.165) is 13.0 Å². The third-order valence-electron chi connectivity index (χ3n) is 3.98. The first-order valence-electron chi connectivity index (χ1n) is 7.41. The zero-order chi connectivity index (χ0) is 14.8. The van der Waals surface area contributed by atoms with Gasteiger partial charge in [0.2, 0.25) is 0 Å². The van der Waals surface area contributed by atoms with Crippen LogP contribution in [0, 0.1) is 5.82 Å². The van der Waals surface area contributed by atoms with Gasteiger partial charge in [0, 0.05) is 21.4 Å². The molecule has 0 saturated heterocycles. The fraction of sp³-hybridized carbons (Fsp3) is 0.412. The van der Waals surface area contributed by atoms with Gasteiger partial charge in [-0.2, -0.15) is 0 Å². The highest BCUT2D eigenvalue weighted by atomic mass is 32.1. The van der Waals surface area contributed by atoms with Crippen LogP contribution in [0.5, 0.6) is 5.75 Å². The lowest BCUT2D eigenvalue weighted by Gasteiger charge is -2.18. The zero-order valence-electron chi connectivity index (χ0n) is 12.4. The molecule has 1 aliphatic carbocycles. The second kappa shape index (κ2) is 6.16. The van der Waals surface area contributed by atoms with Crippen LogP contribution in [0.25, 0.3) is 0 Å². The summed E-state index contributed by atoms with van der Waals surface area (Å²) in [5.41, 5.74) is 2.14. The molecule has 1 heterocycles. The van der Waals surface area contributed by atoms with Crippen molar-refractivity contribution in [3.05, 3.63) is 51.0 Å². The maximum absolute atomic E-state index is 14.4. The summed E-state index contributed by atoms with van der Waals surface area (Å²) >= 11 is 1.82. The van der Waals surface area contributed by atoms with Crippen LogP contribution in [-0.2, 0) is 12.8 Å². The van der Waals surface area contributed by atoms with Crippen molar-refractivity contribution in [3.8, 4) is 5.75 Å². The minimum Gasteiger partial charge on any atom is -0.497 e. The number of nitrogens with one attached hydrogen (secondary N) is 1. The fourth-order valence-electron chi connectivity index (χ4n) is 2.93. The van der Waals surface area contributed by atoms with Crippen molar-refractivity contribution >= 4 is 11.3 Å². The summed E-state index contributed by atoms with van der Waals surface area (Å²) in [6.07, 6.45) is 3.59. The van der Waals surface area contributed by atoms with Gasteiger partial charge in [0.1, 0.15) is 11.6 Å². The summed E-state index contributed by atoms with van der Waals surface area (Å²) in [4.78, 5) is 2.69. The van der Waals surface area contributed by atoms with Gasteiger partial charge in [0.05, 0.1) is 13.2 Å². The average Bonchev–Trinajstić information content (AvgIpc) is 3.06. The Morgan fingerprint density at radius 2 is 2.19 bits per heavy atom. The van der Waals surface area contributed by atoms with Gasteiger partial charge in [-0.1, -0.05) is 13.0 Å². The number of thiophene rings is 1. The Kier molecular flexibility index (Phi) is 4.27. The lowest BCUT2D eigenvalue weighted by atomic mass is 10.0. The number of fused-ring (bicyclic) bond motifs is 1. The van der Waals surface area contributed by atoms with Crippen molar-refractivity contribution in [3.63, 3.8) is 0 Å². The van der Waals surface area contributed by atoms with Crippen LogP contribution in [0.4, 0.5) is 4.39 Å². The SMILES string of the molecule is CCNC(c1cc2c(s1)CCC2)c1ccc(OC)cc1F. The number of benzene rings is 1. The van der Waals surface area contributed by atoms with E-state index < -0.39 is 0 Å². The smallest absolute Gasteiger partial charge is 0.132 e. The minimum atomic E-state index is -0.214. The topological polar surface area (TPSA) is 21.3 Å². The normalized spacial score (nSPS) is 15.0. The van der Waals surface area contributed by atoms with Crippen molar-refractivity contribution < 1.29 is 9.13 Å². The van der Waals surface area contributed by atoms with Gasteiger partial charge >= 0.3 is 0 Å². The molecule has 0 bridgehead atoms. The molecule has 2 nitrogen and oxygen atoms in total. The van der Waals surface area contributed by atoms with Crippen molar-refractivity contribution in [2.45, 2.75) is 32.2 Å². The van der Waals surface area contributed by atoms with E-state index in [1.165, 1.54) is 34.2 Å². The first-order valence-corrected chi connectivity index (χ1v) is 8.23. The maximum atomic E-state index is 14.4. The predicted octanol–water partition coefficient (Wildman–Crippen LogP) is 4.08. The van der Waals surface area contributed by atoms with Gasteiger partial charge in [-0.25, -0.2) is 4.39 Å². The number of ether oxygens (including phenoxy) is 1. The molecule has 112 valence electrons. The Labute approximate surface area is 129 Å². The van der Waals surface area contributed by atoms with Crippen molar-refractivity contribution in [1.29, 1.82) is 0 Å². The molecule has 0 fully saturated rings. The molecule has 3 rings (SSSR count). The first-order chi connectivity index (χ1) is 10.2. The Morgan fingerprint density at radius 3 is 2.86 bits per heavy atom. The van der Waals surface area contributed by atoms with Gasteiger partial charge in [-0.3, -0.25) is 0 Å². The van der Waals surface area contributed by atoms with E-state index >= 15 is 0 Å². The van der Waals surface area contributed by atoms with Crippen LogP contribution in [0.1, 0.15) is 40.3 Å². The molecule has 1 N–H and O–H groups in total. The lowest BCUT2D eigenvalue weighted by molar-refractivity contribution is 0.410. The molecule has 1 aromatic carbocycles. The van der Waals surface area contributed by atoms with Gasteiger partial charge in [-0.15, -0.1) is 11.3 Å². The van der Waals surface area contributed by atoms with Crippen LogP contribution in [0.3, 0.4) is 0 Å². The maximum Gasteiger partial charge on any atom is 0.132 e. The average molecular weight is 305 g/mol. The highest BCUT2D eigenvalue weighted by Crippen LogP contribution is 2.37. The van der Waals surface area contributed by atoms with E-state index in [1.807, 2.05) is 23.5 Å². The van der Waals surface area contributed by atoms with Crippen LogP contribution < -0.4 is 10.1 Å². The molecule has 0 amide bonds. The predicted molar refractivity (Wildman–Crippen MR) is 84.8 cm³/mol. The Hall–Kier alpha value is -1.39. The highest BCUT2D eigenvalue weighted by Gasteiger charge is 2.23. The molecular weight excluding hydrogens is 285 g/mol. The van der Waals surface area contributed by atoms with Crippen LogP contribution in [0.2, 0.25) is 0 Å². The zero-order valence-corrected chi connectivity index (χ0v) is 13.2. The quantitative estimate of drug-likeness (QED) is 0.898. The monoisotopic (exact) mass is 305 g/mol. The van der Waals surface area contributed by atoms with Crippen molar-refractivity contribution in [2.24, 2.45) is 0 Å². The molecule has 0 radical (unpaired) electrons. The fourth-order valence-corrected chi connectivity index (χ4v) is 4.28. The molecule has 1 aromatic heterocycles. The summed E-state index contributed by atoms with van der Waals surface area (Å²) in [5, 5.41) is 3.41. The number of methoxy groups -OCH3 is 1. The second-order valence-corrected chi connectivity index (χ2v) is 6.50. The van der Waals surface area contributed by atoms with Crippen LogP contribution in [0.15, 0.2) is 24.3 Å². The Balaban J connectivity index is 1.97. The number of hydrogen-bond acceptors (Lipinski definition) is 3. The molecular formula is C17H20FNOS. The van der Waals surface area contributed by atoms with E-state index in [2.05, 4.69) is 18.3 Å². The molecule has 0 saturated carbocycles. The standard InChI is InChI=1S/C17H20FNOS/c1-3-19-17(13-8-7-12(20-2)10-14(13)18)16-9-11-5-4-6-15(11)21-16/h7-10,17,19H,3-6H2,1-2H3. The van der Waals surface area contributed by atoms with E-state index in [4.69, 9.17) is 4.74 Å². The summed E-state index contributed by atoms with van der Waals surface area (Å²) < 4.78 is 19.5. The molecule has 4 heteroatoms. The van der Waals surface area contributed by atoms with E-state index in [9.17, 15) is 4.39 Å². The largest absolute Gasteiger partial charge is 0.497 e. The van der Waals surface area contributed by atoms with E-state index in [1.54, 1.807) is 7.11 Å². The number of aryl methyl sites for hydroxylation is 2. The molecule has 0 aliphatic heterocycles. The summed E-state index contributed by atoms with van der Waals surface area (Å²) in [5.74, 6) is 0.342. The minimum absolute atomic E-state index is 0.0727. The molecule has 1 aliphatic rings. The van der Waals surface area contributed by atoms with Crippen LogP contribution in [-0.4, -0.2) is 13.7 Å². The Bertz CT molecular complexity index is 616. The van der Waals surface area contributed by atoms with E-state index in [0.29, 0.717) is 11.3 Å². The Morgan fingerprint density at radius 1 is 1.33 bits per heavy atom. The molecule has 1 unspecified atom stereocenters. The number of halogens is 1. The van der Waals surface area contributed by atoms with Gasteiger partial charge in [-0.05, 0) is 43.5 Å². The third kappa shape index (κ3) is 2.83. The summed E-state index contributed by atoms with van der Waals surface area (Å²) in [6, 6.07) is 7.29. The highest BCUT2D eigenvalue weighted by molar-refractivity contribution is 7.12. The third-order valence-corrected chi connectivity index (χ3v) is 5.28. The van der Waals surface area contributed by atoms with Crippen molar-refractivity contribution in [1.82, 2.24) is 5.32 Å². The summed E-state index contributed by atoms with van der Waals surface area (Å²) in [7, 11) is 1.56. The second-order valence-electron chi connectivity index (χ2n) is 5.33. The lowest BCUT2D eigenvalue weighted by Crippen LogP contribution is -2.22. The summed E-state index contributed by atoms with van der Waals surface area (Å²) in [6.45, 7) is 2.86. The van der Waals surface area contributed by atoms with Gasteiger partial charge in [0.15, 0.2) is 0 Å². The number of hydrogen-bond donors (Lipinski definition) is 1. The molecule has 0 spiro atoms. The molecule has 2 aromatic rings. The number of rotatable bonds is 5. The molecule has 21 heavy (non-hydrogen) atoms.